The first kappa shape index (κ1) is 31.4. The predicted octanol–water partition coefficient (Wildman–Crippen LogP) is 8.43. The average molecular weight is 557 g/mol. The molecule has 4 aromatic rings. The van der Waals surface area contributed by atoms with Crippen LogP contribution in [0.25, 0.3) is 0 Å². The number of ether oxygens (including phenoxy) is 2. The zero-order valence-corrected chi connectivity index (χ0v) is 22.8. The first-order valence-corrected chi connectivity index (χ1v) is 13.8. The highest BCUT2D eigenvalue weighted by Gasteiger charge is 2.16. The molecule has 2 atom stereocenters. The molecule has 4 aromatic carbocycles. The summed E-state index contributed by atoms with van der Waals surface area (Å²) in [6.45, 7) is 5.11. The van der Waals surface area contributed by atoms with Crippen molar-refractivity contribution in [2.24, 2.45) is 0 Å². The summed E-state index contributed by atoms with van der Waals surface area (Å²) >= 11 is 0. The molecule has 0 aliphatic heterocycles. The molecule has 210 valence electrons. The standard InChI is InChI=1S/C34H38O5.Al.3H/c1-3-13-29(27-15-11-21-33(23-27)37-31-17-7-5-8-18-31)25-35-39-36-26-30(14-4-2)28-16-12-22-34(24-28)38-32-19-9-6-10-20-32;;;;/h5-12,15-24,29-30H,3-4,13-14,25-26H2,1-2H3;;;;. The number of benzene rings is 4. The van der Waals surface area contributed by atoms with E-state index in [0.29, 0.717) is 13.2 Å². The second-order valence-corrected chi connectivity index (χ2v) is 9.58. The van der Waals surface area contributed by atoms with Crippen molar-refractivity contribution >= 4 is 17.4 Å². The van der Waals surface area contributed by atoms with Crippen LogP contribution < -0.4 is 9.47 Å². The van der Waals surface area contributed by atoms with Gasteiger partial charge in [0.15, 0.2) is 17.4 Å². The monoisotopic (exact) mass is 556 g/mol. The maximum Gasteiger partial charge on any atom is 0.187 e. The van der Waals surface area contributed by atoms with Crippen LogP contribution in [0.5, 0.6) is 23.0 Å². The zero-order valence-electron chi connectivity index (χ0n) is 22.8. The van der Waals surface area contributed by atoms with Gasteiger partial charge in [0, 0.05) is 11.8 Å². The van der Waals surface area contributed by atoms with Crippen LogP contribution in [0.4, 0.5) is 0 Å². The van der Waals surface area contributed by atoms with E-state index in [0.717, 1.165) is 59.8 Å². The highest BCUT2D eigenvalue weighted by molar-refractivity contribution is 5.75. The highest BCUT2D eigenvalue weighted by atomic mass is 27.0. The van der Waals surface area contributed by atoms with Gasteiger partial charge in [-0.3, -0.25) is 0 Å². The van der Waals surface area contributed by atoms with Crippen molar-refractivity contribution in [3.05, 3.63) is 120 Å². The molecule has 40 heavy (non-hydrogen) atoms. The van der Waals surface area contributed by atoms with Crippen molar-refractivity contribution in [1.29, 1.82) is 0 Å². The lowest BCUT2D eigenvalue weighted by Gasteiger charge is -2.19. The maximum absolute atomic E-state index is 6.02. The van der Waals surface area contributed by atoms with E-state index in [1.165, 1.54) is 0 Å². The second-order valence-electron chi connectivity index (χ2n) is 9.58. The van der Waals surface area contributed by atoms with Crippen molar-refractivity contribution in [2.45, 2.75) is 51.4 Å². The summed E-state index contributed by atoms with van der Waals surface area (Å²) in [6, 6.07) is 35.9. The fourth-order valence-corrected chi connectivity index (χ4v) is 4.56. The quantitative estimate of drug-likeness (QED) is 0.0600. The first-order chi connectivity index (χ1) is 19.2. The third kappa shape index (κ3) is 10.1. The Hall–Kier alpha value is -3.11. The molecule has 4 rings (SSSR count). The SMILES string of the molecule is CCCC(COOOCC(CCC)c1cccc(Oc2ccccc2)c1)c1cccc(Oc2ccccc2)c1.[AlH3]. The minimum Gasteiger partial charge on any atom is -0.457 e. The van der Waals surface area contributed by atoms with Crippen LogP contribution >= 0.6 is 0 Å². The van der Waals surface area contributed by atoms with Gasteiger partial charge in [0.1, 0.15) is 23.0 Å². The summed E-state index contributed by atoms with van der Waals surface area (Å²) in [6.07, 6.45) is 3.98. The largest absolute Gasteiger partial charge is 0.457 e. The molecular weight excluding hydrogens is 515 g/mol. The van der Waals surface area contributed by atoms with Crippen LogP contribution in [0.15, 0.2) is 109 Å². The minimum absolute atomic E-state index is 0. The molecule has 0 aliphatic rings. The zero-order chi connectivity index (χ0) is 27.1. The second kappa shape index (κ2) is 17.6. The first-order valence-electron chi connectivity index (χ1n) is 13.8. The van der Waals surface area contributed by atoms with Gasteiger partial charge in [-0.15, -0.1) is 0 Å². The van der Waals surface area contributed by atoms with E-state index in [1.807, 2.05) is 84.9 Å². The molecule has 0 bridgehead atoms. The van der Waals surface area contributed by atoms with Gasteiger partial charge < -0.3 is 9.47 Å². The van der Waals surface area contributed by atoms with E-state index < -0.39 is 0 Å². The lowest BCUT2D eigenvalue weighted by molar-refractivity contribution is -0.514. The van der Waals surface area contributed by atoms with E-state index in [4.69, 9.17) is 24.3 Å². The molecule has 0 aliphatic carbocycles. The molecule has 0 saturated carbocycles. The summed E-state index contributed by atoms with van der Waals surface area (Å²) in [7, 11) is 0. The topological polar surface area (TPSA) is 46.2 Å². The van der Waals surface area contributed by atoms with Gasteiger partial charge in [-0.05, 0) is 72.5 Å². The molecule has 0 fully saturated rings. The Morgan fingerprint density at radius 2 is 0.900 bits per heavy atom. The highest BCUT2D eigenvalue weighted by Crippen LogP contribution is 2.30. The van der Waals surface area contributed by atoms with Gasteiger partial charge in [0.05, 0.1) is 13.2 Å². The van der Waals surface area contributed by atoms with Crippen molar-refractivity contribution < 1.29 is 24.3 Å². The maximum atomic E-state index is 6.02. The van der Waals surface area contributed by atoms with Crippen molar-refractivity contribution in [2.75, 3.05) is 13.2 Å². The Morgan fingerprint density at radius 3 is 1.30 bits per heavy atom. The molecule has 0 spiro atoms. The summed E-state index contributed by atoms with van der Waals surface area (Å²) in [5, 5.41) is 5.22. The lowest BCUT2D eigenvalue weighted by atomic mass is 9.95. The summed E-state index contributed by atoms with van der Waals surface area (Å²) in [4.78, 5) is 11.1. The fraction of sp³-hybridized carbons (Fsp3) is 0.294. The van der Waals surface area contributed by atoms with Gasteiger partial charge in [-0.1, -0.05) is 92.4 Å². The van der Waals surface area contributed by atoms with E-state index in [-0.39, 0.29) is 29.2 Å². The molecule has 0 amide bonds. The Morgan fingerprint density at radius 1 is 0.500 bits per heavy atom. The van der Waals surface area contributed by atoms with Crippen LogP contribution in [0.2, 0.25) is 0 Å². The molecule has 0 heterocycles. The lowest BCUT2D eigenvalue weighted by Crippen LogP contribution is -2.12. The molecule has 5 nitrogen and oxygen atoms in total. The van der Waals surface area contributed by atoms with Crippen molar-refractivity contribution in [3.8, 4) is 23.0 Å². The number of para-hydroxylation sites is 2. The van der Waals surface area contributed by atoms with Gasteiger partial charge in [0.25, 0.3) is 0 Å². The van der Waals surface area contributed by atoms with Crippen molar-refractivity contribution in [3.63, 3.8) is 0 Å². The molecule has 0 aromatic heterocycles. The Balaban J connectivity index is 0.00000441. The number of rotatable bonds is 16. The predicted molar refractivity (Wildman–Crippen MR) is 164 cm³/mol. The Kier molecular flexibility index (Phi) is 13.8. The van der Waals surface area contributed by atoms with Crippen LogP contribution in [-0.2, 0) is 14.8 Å². The number of hydrogen-bond donors (Lipinski definition) is 0. The smallest absolute Gasteiger partial charge is 0.187 e. The van der Waals surface area contributed by atoms with Gasteiger partial charge in [0.2, 0.25) is 0 Å². The van der Waals surface area contributed by atoms with Crippen molar-refractivity contribution in [1.82, 2.24) is 0 Å². The fourth-order valence-electron chi connectivity index (χ4n) is 4.56. The Labute approximate surface area is 249 Å². The third-order valence-electron chi connectivity index (χ3n) is 6.53. The Bertz CT molecular complexity index is 1140. The van der Waals surface area contributed by atoms with E-state index in [9.17, 15) is 0 Å². The molecule has 0 radical (unpaired) electrons. The average Bonchev–Trinajstić information content (AvgIpc) is 2.97. The van der Waals surface area contributed by atoms with Gasteiger partial charge in [-0.25, -0.2) is 9.78 Å². The van der Waals surface area contributed by atoms with E-state index in [2.05, 4.69) is 38.1 Å². The van der Waals surface area contributed by atoms with E-state index >= 15 is 0 Å². The molecule has 6 heteroatoms. The summed E-state index contributed by atoms with van der Waals surface area (Å²) in [5.74, 6) is 3.56. The minimum atomic E-state index is 0. The summed E-state index contributed by atoms with van der Waals surface area (Å²) in [5.41, 5.74) is 2.29. The van der Waals surface area contributed by atoms with Crippen LogP contribution in [0.1, 0.15) is 62.5 Å². The van der Waals surface area contributed by atoms with E-state index in [1.54, 1.807) is 0 Å². The molecule has 2 unspecified atom stereocenters. The van der Waals surface area contributed by atoms with Gasteiger partial charge >= 0.3 is 0 Å². The van der Waals surface area contributed by atoms with Crippen LogP contribution in [0, 0.1) is 0 Å². The van der Waals surface area contributed by atoms with Gasteiger partial charge in [-0.2, -0.15) is 0 Å². The third-order valence-corrected chi connectivity index (χ3v) is 6.53. The molecule has 0 saturated heterocycles. The molecule has 0 N–H and O–H groups in total. The normalized spacial score (nSPS) is 12.2. The molecular formula is C34H41AlO5. The van der Waals surface area contributed by atoms with Crippen LogP contribution in [-0.4, -0.2) is 30.6 Å². The van der Waals surface area contributed by atoms with Crippen LogP contribution in [0.3, 0.4) is 0 Å². The number of hydrogen-bond acceptors (Lipinski definition) is 5. The summed E-state index contributed by atoms with van der Waals surface area (Å²) < 4.78 is 12.0.